The van der Waals surface area contributed by atoms with Gasteiger partial charge in [0.15, 0.2) is 0 Å². The molecule has 0 unspecified atom stereocenters. The summed E-state index contributed by atoms with van der Waals surface area (Å²) in [4.78, 5) is 4.32. The molecule has 4 heteroatoms. The highest BCUT2D eigenvalue weighted by Gasteiger charge is 2.32. The zero-order valence-electron chi connectivity index (χ0n) is 9.49. The van der Waals surface area contributed by atoms with E-state index in [-0.39, 0.29) is 0 Å². The average Bonchev–Trinajstić information content (AvgIpc) is 2.63. The molecular formula is C11H19N3O. The first-order valence-corrected chi connectivity index (χ1v) is 5.52. The molecule has 1 saturated heterocycles. The monoisotopic (exact) mass is 209 g/mol. The predicted molar refractivity (Wildman–Crippen MR) is 58.5 cm³/mol. The smallest absolute Gasteiger partial charge is 0.122 e. The SMILES string of the molecule is CCn1ccnc1CNCC1(C)COC1. The summed E-state index contributed by atoms with van der Waals surface area (Å²) >= 11 is 0. The van der Waals surface area contributed by atoms with Gasteiger partial charge in [-0.1, -0.05) is 6.92 Å². The first kappa shape index (κ1) is 10.6. The molecule has 0 spiro atoms. The van der Waals surface area contributed by atoms with Crippen LogP contribution in [0.15, 0.2) is 12.4 Å². The van der Waals surface area contributed by atoms with Gasteiger partial charge in [-0.15, -0.1) is 0 Å². The molecule has 1 aromatic rings. The molecule has 15 heavy (non-hydrogen) atoms. The van der Waals surface area contributed by atoms with Gasteiger partial charge in [0.1, 0.15) is 5.82 Å². The van der Waals surface area contributed by atoms with Crippen molar-refractivity contribution in [2.24, 2.45) is 5.41 Å². The van der Waals surface area contributed by atoms with E-state index in [1.165, 1.54) is 0 Å². The Morgan fingerprint density at radius 3 is 3.00 bits per heavy atom. The van der Waals surface area contributed by atoms with E-state index in [9.17, 15) is 0 Å². The molecule has 0 aliphatic carbocycles. The van der Waals surface area contributed by atoms with Crippen LogP contribution in [0.4, 0.5) is 0 Å². The molecule has 1 aromatic heterocycles. The van der Waals surface area contributed by atoms with Crippen LogP contribution in [0.3, 0.4) is 0 Å². The number of ether oxygens (including phenoxy) is 1. The van der Waals surface area contributed by atoms with Gasteiger partial charge in [0, 0.05) is 30.9 Å². The average molecular weight is 209 g/mol. The van der Waals surface area contributed by atoms with Crippen molar-refractivity contribution in [1.82, 2.24) is 14.9 Å². The lowest BCUT2D eigenvalue weighted by Gasteiger charge is -2.38. The third-order valence-corrected chi connectivity index (χ3v) is 2.88. The Balaban J connectivity index is 1.78. The van der Waals surface area contributed by atoms with Gasteiger partial charge in [0.05, 0.1) is 19.8 Å². The van der Waals surface area contributed by atoms with Gasteiger partial charge in [0.25, 0.3) is 0 Å². The second kappa shape index (κ2) is 4.33. The van der Waals surface area contributed by atoms with Crippen molar-refractivity contribution in [3.8, 4) is 0 Å². The summed E-state index contributed by atoms with van der Waals surface area (Å²) in [5.41, 5.74) is 0.337. The fourth-order valence-electron chi connectivity index (χ4n) is 1.82. The highest BCUT2D eigenvalue weighted by atomic mass is 16.5. The minimum atomic E-state index is 0.337. The van der Waals surface area contributed by atoms with Crippen molar-refractivity contribution >= 4 is 0 Å². The molecule has 2 heterocycles. The summed E-state index contributed by atoms with van der Waals surface area (Å²) in [6.45, 7) is 8.96. The molecule has 0 atom stereocenters. The molecule has 1 aliphatic heterocycles. The molecule has 0 bridgehead atoms. The van der Waals surface area contributed by atoms with Gasteiger partial charge in [0.2, 0.25) is 0 Å². The lowest BCUT2D eigenvalue weighted by molar-refractivity contribution is -0.0992. The highest BCUT2D eigenvalue weighted by molar-refractivity contribution is 4.92. The van der Waals surface area contributed by atoms with E-state index in [4.69, 9.17) is 4.74 Å². The van der Waals surface area contributed by atoms with Gasteiger partial charge in [-0.3, -0.25) is 0 Å². The summed E-state index contributed by atoms with van der Waals surface area (Å²) in [7, 11) is 0. The van der Waals surface area contributed by atoms with Gasteiger partial charge in [-0.25, -0.2) is 4.98 Å². The maximum atomic E-state index is 5.21. The molecule has 0 saturated carbocycles. The van der Waals surface area contributed by atoms with Crippen LogP contribution >= 0.6 is 0 Å². The molecule has 1 aliphatic rings. The van der Waals surface area contributed by atoms with Crippen molar-refractivity contribution < 1.29 is 4.74 Å². The van der Waals surface area contributed by atoms with Crippen LogP contribution in [-0.2, 0) is 17.8 Å². The van der Waals surface area contributed by atoms with Crippen molar-refractivity contribution in [2.75, 3.05) is 19.8 Å². The Hall–Kier alpha value is -0.870. The number of nitrogens with zero attached hydrogens (tertiary/aromatic N) is 2. The Morgan fingerprint density at radius 2 is 2.40 bits per heavy atom. The fraction of sp³-hybridized carbons (Fsp3) is 0.727. The van der Waals surface area contributed by atoms with Crippen molar-refractivity contribution in [1.29, 1.82) is 0 Å². The van der Waals surface area contributed by atoms with Crippen molar-refractivity contribution in [2.45, 2.75) is 26.9 Å². The van der Waals surface area contributed by atoms with E-state index in [0.29, 0.717) is 5.41 Å². The van der Waals surface area contributed by atoms with Crippen LogP contribution in [0, 0.1) is 5.41 Å². The second-order valence-corrected chi connectivity index (χ2v) is 4.54. The minimum Gasteiger partial charge on any atom is -0.380 e. The van der Waals surface area contributed by atoms with E-state index in [2.05, 4.69) is 28.7 Å². The first-order chi connectivity index (χ1) is 7.23. The summed E-state index contributed by atoms with van der Waals surface area (Å²) in [6, 6.07) is 0. The predicted octanol–water partition coefficient (Wildman–Crippen LogP) is 1.03. The largest absolute Gasteiger partial charge is 0.380 e. The van der Waals surface area contributed by atoms with Crippen molar-refractivity contribution in [3.63, 3.8) is 0 Å². The molecule has 84 valence electrons. The Kier molecular flexibility index (Phi) is 3.07. The molecular weight excluding hydrogens is 190 g/mol. The van der Waals surface area contributed by atoms with Gasteiger partial charge >= 0.3 is 0 Å². The highest BCUT2D eigenvalue weighted by Crippen LogP contribution is 2.25. The third kappa shape index (κ3) is 2.38. The van der Waals surface area contributed by atoms with E-state index in [1.54, 1.807) is 0 Å². The lowest BCUT2D eigenvalue weighted by Crippen LogP contribution is -2.47. The fourth-order valence-corrected chi connectivity index (χ4v) is 1.82. The maximum absolute atomic E-state index is 5.21. The minimum absolute atomic E-state index is 0.337. The quantitative estimate of drug-likeness (QED) is 0.787. The van der Waals surface area contributed by atoms with Crippen LogP contribution in [-0.4, -0.2) is 29.3 Å². The number of aromatic nitrogens is 2. The first-order valence-electron chi connectivity index (χ1n) is 5.52. The number of aryl methyl sites for hydroxylation is 1. The van der Waals surface area contributed by atoms with Gasteiger partial charge in [-0.2, -0.15) is 0 Å². The number of rotatable bonds is 5. The van der Waals surface area contributed by atoms with Crippen LogP contribution in [0.25, 0.3) is 0 Å². The molecule has 0 radical (unpaired) electrons. The van der Waals surface area contributed by atoms with E-state index in [0.717, 1.165) is 38.7 Å². The summed E-state index contributed by atoms with van der Waals surface area (Å²) < 4.78 is 7.37. The van der Waals surface area contributed by atoms with Crippen LogP contribution < -0.4 is 5.32 Å². The zero-order chi connectivity index (χ0) is 10.7. The standard InChI is InChI=1S/C11H19N3O/c1-3-14-5-4-13-10(14)6-12-7-11(2)8-15-9-11/h4-5,12H,3,6-9H2,1-2H3. The lowest BCUT2D eigenvalue weighted by atomic mass is 9.89. The van der Waals surface area contributed by atoms with Crippen LogP contribution in [0.1, 0.15) is 19.7 Å². The summed E-state index contributed by atoms with van der Waals surface area (Å²) in [5.74, 6) is 1.11. The molecule has 1 fully saturated rings. The third-order valence-electron chi connectivity index (χ3n) is 2.88. The van der Waals surface area contributed by atoms with E-state index < -0.39 is 0 Å². The molecule has 0 aromatic carbocycles. The van der Waals surface area contributed by atoms with Gasteiger partial charge < -0.3 is 14.6 Å². The normalized spacial score (nSPS) is 18.8. The number of nitrogens with one attached hydrogen (secondary N) is 1. The zero-order valence-corrected chi connectivity index (χ0v) is 9.49. The second-order valence-electron chi connectivity index (χ2n) is 4.54. The van der Waals surface area contributed by atoms with Crippen LogP contribution in [0.5, 0.6) is 0 Å². The van der Waals surface area contributed by atoms with E-state index >= 15 is 0 Å². The van der Waals surface area contributed by atoms with Gasteiger partial charge in [-0.05, 0) is 6.92 Å². The molecule has 4 nitrogen and oxygen atoms in total. The Labute approximate surface area is 90.6 Å². The van der Waals surface area contributed by atoms with Crippen molar-refractivity contribution in [3.05, 3.63) is 18.2 Å². The maximum Gasteiger partial charge on any atom is 0.122 e. The van der Waals surface area contributed by atoms with E-state index in [1.807, 2.05) is 12.4 Å². The molecule has 2 rings (SSSR count). The summed E-state index contributed by atoms with van der Waals surface area (Å²) in [6.07, 6.45) is 3.87. The molecule has 1 N–H and O–H groups in total. The Morgan fingerprint density at radius 1 is 1.60 bits per heavy atom. The van der Waals surface area contributed by atoms with Crippen LogP contribution in [0.2, 0.25) is 0 Å². The molecule has 0 amide bonds. The number of imidazole rings is 1. The number of hydrogen-bond donors (Lipinski definition) is 1. The summed E-state index contributed by atoms with van der Waals surface area (Å²) in [5, 5.41) is 3.44. The Bertz CT molecular complexity index is 317. The topological polar surface area (TPSA) is 39.1 Å². The number of hydrogen-bond acceptors (Lipinski definition) is 3.